The minimum absolute atomic E-state index is 0.134. The van der Waals surface area contributed by atoms with E-state index in [1.165, 1.54) is 6.07 Å². The van der Waals surface area contributed by atoms with Crippen LogP contribution in [0, 0.1) is 12.8 Å². The van der Waals surface area contributed by atoms with Gasteiger partial charge in [0, 0.05) is 18.4 Å². The van der Waals surface area contributed by atoms with Crippen LogP contribution in [0.25, 0.3) is 0 Å². The molecule has 0 radical (unpaired) electrons. The lowest BCUT2D eigenvalue weighted by Gasteiger charge is -2.21. The fraction of sp³-hybridized carbons (Fsp3) is 0.278. The smallest absolute Gasteiger partial charge is 0.248 e. The number of hydrogen-bond acceptors (Lipinski definition) is 5. The molecule has 0 saturated heterocycles. The second-order valence-electron chi connectivity index (χ2n) is 5.98. The number of carbonyl (C=O) groups is 1. The number of nitrogens with one attached hydrogen (secondary N) is 2. The van der Waals surface area contributed by atoms with Crippen LogP contribution in [-0.4, -0.2) is 28.3 Å². The van der Waals surface area contributed by atoms with Gasteiger partial charge in [0.1, 0.15) is 12.4 Å². The Hall–Kier alpha value is -2.93. The second kappa shape index (κ2) is 7.31. The zero-order chi connectivity index (χ0) is 17.8. The predicted molar refractivity (Wildman–Crippen MR) is 92.4 cm³/mol. The number of aliphatic hydroxyl groups is 1. The molecule has 1 atom stereocenters. The molecule has 2 heterocycles. The van der Waals surface area contributed by atoms with Gasteiger partial charge in [-0.15, -0.1) is 0 Å². The molecule has 0 aliphatic carbocycles. The Bertz CT molecular complexity index is 855. The lowest BCUT2D eigenvalue weighted by molar-refractivity contribution is -0.122. The van der Waals surface area contributed by atoms with E-state index < -0.39 is 0 Å². The van der Waals surface area contributed by atoms with Crippen LogP contribution in [-0.2, 0) is 11.4 Å². The molecule has 1 aliphatic heterocycles. The highest BCUT2D eigenvalue weighted by Gasteiger charge is 2.24. The van der Waals surface area contributed by atoms with Crippen molar-refractivity contribution < 1.29 is 14.6 Å². The number of aromatic amines is 1. The van der Waals surface area contributed by atoms with E-state index in [1.54, 1.807) is 12.1 Å². The summed E-state index contributed by atoms with van der Waals surface area (Å²) in [5.41, 5.74) is 5.34. The maximum atomic E-state index is 11.4. The average molecular weight is 341 g/mol. The summed E-state index contributed by atoms with van der Waals surface area (Å²) in [4.78, 5) is 25.5. The largest absolute Gasteiger partial charge is 0.487 e. The Morgan fingerprint density at radius 1 is 1.24 bits per heavy atom. The molecule has 1 aromatic carbocycles. The van der Waals surface area contributed by atoms with Crippen molar-refractivity contribution in [3.05, 3.63) is 63.6 Å². The highest BCUT2D eigenvalue weighted by molar-refractivity contribution is 6.06. The summed E-state index contributed by atoms with van der Waals surface area (Å²) in [6.45, 7) is 1.98. The van der Waals surface area contributed by atoms with E-state index in [9.17, 15) is 14.7 Å². The van der Waals surface area contributed by atoms with Crippen molar-refractivity contribution >= 4 is 11.6 Å². The molecular formula is C18H19N3O4. The molecule has 7 heteroatoms. The molecule has 1 aliphatic rings. The summed E-state index contributed by atoms with van der Waals surface area (Å²) in [6, 6.07) is 10.6. The van der Waals surface area contributed by atoms with E-state index in [0.29, 0.717) is 17.2 Å². The van der Waals surface area contributed by atoms with Gasteiger partial charge in [-0.05, 0) is 48.4 Å². The summed E-state index contributed by atoms with van der Waals surface area (Å²) in [5.74, 6) is 0.139. The third-order valence-electron chi connectivity index (χ3n) is 3.93. The van der Waals surface area contributed by atoms with Crippen molar-refractivity contribution in [2.45, 2.75) is 20.0 Å². The number of ether oxygens (including phenoxy) is 1. The predicted octanol–water partition coefficient (Wildman–Crippen LogP) is 1.09. The van der Waals surface area contributed by atoms with Crippen LogP contribution in [0.3, 0.4) is 0 Å². The highest BCUT2D eigenvalue weighted by Crippen LogP contribution is 2.20. The SMILES string of the molecule is Cc1cc(COc2ccc(C3=NNC(=O)CC3CO)cc2)[nH]c(=O)c1. The molecule has 3 N–H and O–H groups in total. The molecule has 0 bridgehead atoms. The molecule has 7 nitrogen and oxygen atoms in total. The molecule has 2 aromatic rings. The second-order valence-corrected chi connectivity index (χ2v) is 5.98. The summed E-state index contributed by atoms with van der Waals surface area (Å²) >= 11 is 0. The number of nitrogens with zero attached hydrogens (tertiary/aromatic N) is 1. The molecule has 0 spiro atoms. The first-order valence-corrected chi connectivity index (χ1v) is 7.95. The number of hydrazone groups is 1. The summed E-state index contributed by atoms with van der Waals surface area (Å²) in [5, 5.41) is 13.5. The zero-order valence-corrected chi connectivity index (χ0v) is 13.8. The van der Waals surface area contributed by atoms with Crippen LogP contribution in [0.4, 0.5) is 0 Å². The van der Waals surface area contributed by atoms with Crippen molar-refractivity contribution in [3.8, 4) is 5.75 Å². The van der Waals surface area contributed by atoms with Crippen molar-refractivity contribution in [3.63, 3.8) is 0 Å². The molecule has 3 rings (SSSR count). The maximum absolute atomic E-state index is 11.4. The first-order chi connectivity index (χ1) is 12.0. The van der Waals surface area contributed by atoms with Crippen LogP contribution in [0.5, 0.6) is 5.75 Å². The van der Waals surface area contributed by atoms with E-state index >= 15 is 0 Å². The van der Waals surface area contributed by atoms with Gasteiger partial charge in [-0.3, -0.25) is 9.59 Å². The van der Waals surface area contributed by atoms with Gasteiger partial charge in [0.15, 0.2) is 0 Å². The molecule has 0 saturated carbocycles. The first-order valence-electron chi connectivity index (χ1n) is 7.95. The van der Waals surface area contributed by atoms with Crippen molar-refractivity contribution in [2.75, 3.05) is 6.61 Å². The fourth-order valence-corrected chi connectivity index (χ4v) is 2.75. The van der Waals surface area contributed by atoms with Gasteiger partial charge in [0.2, 0.25) is 11.5 Å². The average Bonchev–Trinajstić information content (AvgIpc) is 2.59. The highest BCUT2D eigenvalue weighted by atomic mass is 16.5. The standard InChI is InChI=1S/C18H19N3O4/c1-11-6-14(19-16(23)7-11)10-25-15-4-2-12(3-5-15)18-13(9-22)8-17(24)20-21-18/h2-7,13,22H,8-10H2,1H3,(H,19,23)(H,20,24). The van der Waals surface area contributed by atoms with Crippen LogP contribution >= 0.6 is 0 Å². The molecular weight excluding hydrogens is 322 g/mol. The number of H-pyrrole nitrogens is 1. The summed E-state index contributed by atoms with van der Waals surface area (Å²) in [6.07, 6.45) is 0.217. The molecule has 1 amide bonds. The summed E-state index contributed by atoms with van der Waals surface area (Å²) in [7, 11) is 0. The molecule has 1 unspecified atom stereocenters. The number of aryl methyl sites for hydroxylation is 1. The Balaban J connectivity index is 1.70. The first kappa shape index (κ1) is 16.9. The Kier molecular flexibility index (Phi) is 4.95. The number of amides is 1. The Labute approximate surface area is 144 Å². The van der Waals surface area contributed by atoms with Crippen LogP contribution < -0.4 is 15.7 Å². The van der Waals surface area contributed by atoms with Crippen LogP contribution in [0.15, 0.2) is 46.3 Å². The quantitative estimate of drug-likeness (QED) is 0.757. The molecule has 25 heavy (non-hydrogen) atoms. The maximum Gasteiger partial charge on any atom is 0.248 e. The van der Waals surface area contributed by atoms with E-state index in [1.807, 2.05) is 25.1 Å². The van der Waals surface area contributed by atoms with Gasteiger partial charge in [-0.25, -0.2) is 5.43 Å². The van der Waals surface area contributed by atoms with Gasteiger partial charge in [-0.1, -0.05) is 0 Å². The Morgan fingerprint density at radius 2 is 2.00 bits per heavy atom. The van der Waals surface area contributed by atoms with Crippen LogP contribution in [0.2, 0.25) is 0 Å². The molecule has 130 valence electrons. The number of benzene rings is 1. The monoisotopic (exact) mass is 341 g/mol. The summed E-state index contributed by atoms with van der Waals surface area (Å²) < 4.78 is 5.69. The van der Waals surface area contributed by atoms with Gasteiger partial charge in [0.25, 0.3) is 0 Å². The fourth-order valence-electron chi connectivity index (χ4n) is 2.75. The normalized spacial score (nSPS) is 17.0. The topological polar surface area (TPSA) is 104 Å². The van der Waals surface area contributed by atoms with Crippen molar-refractivity contribution in [1.29, 1.82) is 0 Å². The van der Waals surface area contributed by atoms with Gasteiger partial charge < -0.3 is 14.8 Å². The number of hydrogen-bond donors (Lipinski definition) is 3. The van der Waals surface area contributed by atoms with E-state index in [4.69, 9.17) is 4.74 Å². The zero-order valence-electron chi connectivity index (χ0n) is 13.8. The van der Waals surface area contributed by atoms with Gasteiger partial charge >= 0.3 is 0 Å². The van der Waals surface area contributed by atoms with Crippen molar-refractivity contribution in [2.24, 2.45) is 11.0 Å². The van der Waals surface area contributed by atoms with E-state index in [2.05, 4.69) is 15.5 Å². The number of carbonyl (C=O) groups excluding carboxylic acids is 1. The van der Waals surface area contributed by atoms with E-state index in [-0.39, 0.29) is 37.0 Å². The minimum Gasteiger partial charge on any atom is -0.487 e. The Morgan fingerprint density at radius 3 is 2.68 bits per heavy atom. The number of aromatic nitrogens is 1. The third-order valence-corrected chi connectivity index (χ3v) is 3.93. The lowest BCUT2D eigenvalue weighted by Crippen LogP contribution is -2.35. The number of rotatable bonds is 5. The van der Waals surface area contributed by atoms with Gasteiger partial charge in [0.05, 0.1) is 18.0 Å². The number of aliphatic hydroxyl groups excluding tert-OH is 1. The number of pyridine rings is 1. The lowest BCUT2D eigenvalue weighted by atomic mass is 9.93. The minimum atomic E-state index is -0.308. The molecule has 1 aromatic heterocycles. The van der Waals surface area contributed by atoms with E-state index in [0.717, 1.165) is 11.1 Å². The van der Waals surface area contributed by atoms with Crippen molar-refractivity contribution in [1.82, 2.24) is 10.4 Å². The molecule has 0 fully saturated rings. The van der Waals surface area contributed by atoms with Gasteiger partial charge in [-0.2, -0.15) is 5.10 Å². The third kappa shape index (κ3) is 4.13. The van der Waals surface area contributed by atoms with Crippen LogP contribution in [0.1, 0.15) is 23.2 Å².